The molecule has 9 heteroatoms. The van der Waals surface area contributed by atoms with Crippen LogP contribution in [-0.2, 0) is 19.6 Å². The zero-order valence-corrected chi connectivity index (χ0v) is 11.7. The Labute approximate surface area is 115 Å². The largest absolute Gasteiger partial charge is 0.469 e. The summed E-state index contributed by atoms with van der Waals surface area (Å²) in [4.78, 5) is 10.2. The lowest BCUT2D eigenvalue weighted by atomic mass is 10.3. The Balaban J connectivity index is 3.05. The van der Waals surface area contributed by atoms with Gasteiger partial charge in [0.25, 0.3) is 0 Å². The molecule has 0 aromatic heterocycles. The molecular formula is C11H14F2N2O4S. The summed E-state index contributed by atoms with van der Waals surface area (Å²) in [5.74, 6) is -3.00. The molecule has 0 aliphatic rings. The first-order valence-corrected chi connectivity index (χ1v) is 6.92. The predicted molar refractivity (Wildman–Crippen MR) is 67.2 cm³/mol. The highest BCUT2D eigenvalue weighted by atomic mass is 32.2. The lowest BCUT2D eigenvalue weighted by Gasteiger charge is -2.17. The van der Waals surface area contributed by atoms with E-state index in [1.54, 1.807) is 0 Å². The number of carbonyl (C=O) groups is 1. The number of carbonyl (C=O) groups excluding carboxylic acids is 1. The molecule has 0 unspecified atom stereocenters. The van der Waals surface area contributed by atoms with Crippen molar-refractivity contribution in [2.45, 2.75) is 11.3 Å². The van der Waals surface area contributed by atoms with Crippen LogP contribution in [-0.4, -0.2) is 39.4 Å². The molecule has 1 rings (SSSR count). The van der Waals surface area contributed by atoms with Crippen molar-refractivity contribution in [1.82, 2.24) is 4.31 Å². The fourth-order valence-corrected chi connectivity index (χ4v) is 2.63. The molecule has 6 nitrogen and oxygen atoms in total. The number of nitrogen functional groups attached to an aromatic ring is 1. The standard InChI is InChI=1S/C11H14F2N2O4S/c1-15(6-5-9(16)19-2)20(17,18)8-4-3-7(12)11(14)10(8)13/h3-4H,5-6,14H2,1-2H3. The van der Waals surface area contributed by atoms with Gasteiger partial charge in [0.05, 0.1) is 13.5 Å². The summed E-state index contributed by atoms with van der Waals surface area (Å²) in [6.07, 6.45) is -0.190. The minimum Gasteiger partial charge on any atom is -0.469 e. The van der Waals surface area contributed by atoms with E-state index in [0.717, 1.165) is 30.6 Å². The van der Waals surface area contributed by atoms with Gasteiger partial charge in [0.1, 0.15) is 16.4 Å². The molecule has 20 heavy (non-hydrogen) atoms. The minimum atomic E-state index is -4.21. The minimum absolute atomic E-state index is 0.190. The summed E-state index contributed by atoms with van der Waals surface area (Å²) < 4.78 is 56.0. The molecule has 0 saturated carbocycles. The Morgan fingerprint density at radius 3 is 2.55 bits per heavy atom. The first-order valence-electron chi connectivity index (χ1n) is 5.48. The van der Waals surface area contributed by atoms with Crippen molar-refractivity contribution in [3.63, 3.8) is 0 Å². The molecule has 0 aliphatic heterocycles. The number of anilines is 1. The molecule has 0 fully saturated rings. The Morgan fingerprint density at radius 2 is 2.00 bits per heavy atom. The van der Waals surface area contributed by atoms with Gasteiger partial charge in [0, 0.05) is 13.6 Å². The van der Waals surface area contributed by atoms with Crippen LogP contribution in [0.5, 0.6) is 0 Å². The average Bonchev–Trinajstić information content (AvgIpc) is 2.41. The van der Waals surface area contributed by atoms with Crippen LogP contribution in [0.3, 0.4) is 0 Å². The van der Waals surface area contributed by atoms with E-state index in [1.165, 1.54) is 0 Å². The highest BCUT2D eigenvalue weighted by molar-refractivity contribution is 7.89. The number of hydrogen-bond acceptors (Lipinski definition) is 5. The third kappa shape index (κ3) is 3.23. The monoisotopic (exact) mass is 308 g/mol. The van der Waals surface area contributed by atoms with Crippen LogP contribution >= 0.6 is 0 Å². The van der Waals surface area contributed by atoms with E-state index in [-0.39, 0.29) is 13.0 Å². The van der Waals surface area contributed by atoms with Crippen molar-refractivity contribution in [2.75, 3.05) is 26.4 Å². The molecule has 0 aliphatic carbocycles. The summed E-state index contributed by atoms with van der Waals surface area (Å²) in [7, 11) is -1.88. The van der Waals surface area contributed by atoms with E-state index in [4.69, 9.17) is 5.73 Å². The summed E-state index contributed by atoms with van der Waals surface area (Å²) in [5.41, 5.74) is 4.25. The summed E-state index contributed by atoms with van der Waals surface area (Å²) >= 11 is 0. The van der Waals surface area contributed by atoms with Gasteiger partial charge in [0.15, 0.2) is 5.82 Å². The van der Waals surface area contributed by atoms with Gasteiger partial charge in [-0.3, -0.25) is 4.79 Å². The maximum Gasteiger partial charge on any atom is 0.306 e. The van der Waals surface area contributed by atoms with Crippen LogP contribution in [0, 0.1) is 11.6 Å². The van der Waals surface area contributed by atoms with Gasteiger partial charge in [0.2, 0.25) is 10.0 Å². The lowest BCUT2D eigenvalue weighted by molar-refractivity contribution is -0.140. The Kier molecular flexibility index (Phi) is 5.01. The number of methoxy groups -OCH3 is 1. The van der Waals surface area contributed by atoms with E-state index in [9.17, 15) is 22.0 Å². The normalized spacial score (nSPS) is 11.7. The van der Waals surface area contributed by atoms with Crippen LogP contribution in [0.25, 0.3) is 0 Å². The molecule has 0 heterocycles. The topological polar surface area (TPSA) is 89.7 Å². The van der Waals surface area contributed by atoms with Crippen LogP contribution in [0.1, 0.15) is 6.42 Å². The average molecular weight is 308 g/mol. The smallest absolute Gasteiger partial charge is 0.306 e. The quantitative estimate of drug-likeness (QED) is 0.640. The molecule has 0 bridgehead atoms. The fourth-order valence-electron chi connectivity index (χ4n) is 1.39. The van der Waals surface area contributed by atoms with Crippen molar-refractivity contribution in [3.05, 3.63) is 23.8 Å². The SMILES string of the molecule is COC(=O)CCN(C)S(=O)(=O)c1ccc(F)c(N)c1F. The Bertz CT molecular complexity index is 619. The van der Waals surface area contributed by atoms with Gasteiger partial charge in [-0.2, -0.15) is 0 Å². The molecular weight excluding hydrogens is 294 g/mol. The van der Waals surface area contributed by atoms with E-state index < -0.39 is 38.2 Å². The van der Waals surface area contributed by atoms with Crippen LogP contribution < -0.4 is 5.73 Å². The second kappa shape index (κ2) is 6.14. The van der Waals surface area contributed by atoms with Crippen molar-refractivity contribution in [3.8, 4) is 0 Å². The van der Waals surface area contributed by atoms with Crippen LogP contribution in [0.2, 0.25) is 0 Å². The maximum atomic E-state index is 13.7. The van der Waals surface area contributed by atoms with E-state index >= 15 is 0 Å². The van der Waals surface area contributed by atoms with Gasteiger partial charge >= 0.3 is 5.97 Å². The predicted octanol–water partition coefficient (Wildman–Crippen LogP) is 0.731. The third-order valence-electron chi connectivity index (χ3n) is 2.64. The zero-order valence-electron chi connectivity index (χ0n) is 10.9. The second-order valence-corrected chi connectivity index (χ2v) is 5.94. The first-order chi connectivity index (χ1) is 9.21. The van der Waals surface area contributed by atoms with E-state index in [2.05, 4.69) is 4.74 Å². The number of halogens is 2. The van der Waals surface area contributed by atoms with Gasteiger partial charge < -0.3 is 10.5 Å². The third-order valence-corrected chi connectivity index (χ3v) is 4.51. The zero-order chi connectivity index (χ0) is 15.5. The molecule has 0 amide bonds. The summed E-state index contributed by atoms with van der Waals surface area (Å²) in [6.45, 7) is -0.203. The highest BCUT2D eigenvalue weighted by Crippen LogP contribution is 2.24. The molecule has 0 saturated heterocycles. The summed E-state index contributed by atoms with van der Waals surface area (Å²) in [6, 6.07) is 1.55. The van der Waals surface area contributed by atoms with Crippen molar-refractivity contribution < 1.29 is 26.7 Å². The number of rotatable bonds is 5. The Morgan fingerprint density at radius 1 is 1.40 bits per heavy atom. The maximum absolute atomic E-state index is 13.7. The van der Waals surface area contributed by atoms with E-state index in [0.29, 0.717) is 0 Å². The van der Waals surface area contributed by atoms with Gasteiger partial charge in [-0.15, -0.1) is 0 Å². The molecule has 112 valence electrons. The van der Waals surface area contributed by atoms with Crippen LogP contribution in [0.4, 0.5) is 14.5 Å². The Hall–Kier alpha value is -1.74. The van der Waals surface area contributed by atoms with Gasteiger partial charge in [-0.05, 0) is 12.1 Å². The number of sulfonamides is 1. The number of esters is 1. The summed E-state index contributed by atoms with van der Waals surface area (Å²) in [5, 5.41) is 0. The molecule has 0 radical (unpaired) electrons. The van der Waals surface area contributed by atoms with Crippen molar-refractivity contribution in [1.29, 1.82) is 0 Å². The highest BCUT2D eigenvalue weighted by Gasteiger charge is 2.27. The molecule has 1 aromatic rings. The number of benzene rings is 1. The van der Waals surface area contributed by atoms with Crippen LogP contribution in [0.15, 0.2) is 17.0 Å². The van der Waals surface area contributed by atoms with E-state index in [1.807, 2.05) is 0 Å². The number of nitrogens with two attached hydrogens (primary N) is 1. The molecule has 1 aromatic carbocycles. The second-order valence-electron chi connectivity index (χ2n) is 3.93. The molecule has 2 N–H and O–H groups in total. The molecule has 0 spiro atoms. The van der Waals surface area contributed by atoms with Gasteiger partial charge in [-0.25, -0.2) is 21.5 Å². The van der Waals surface area contributed by atoms with Gasteiger partial charge in [-0.1, -0.05) is 0 Å². The fraction of sp³-hybridized carbons (Fsp3) is 0.364. The molecule has 0 atom stereocenters. The number of nitrogens with zero attached hydrogens (tertiary/aromatic N) is 1. The number of hydrogen-bond donors (Lipinski definition) is 1. The number of ether oxygens (including phenoxy) is 1. The van der Waals surface area contributed by atoms with Crippen molar-refractivity contribution in [2.24, 2.45) is 0 Å². The lowest BCUT2D eigenvalue weighted by Crippen LogP contribution is -2.30. The van der Waals surface area contributed by atoms with Crippen molar-refractivity contribution >= 4 is 21.7 Å². The first kappa shape index (κ1) is 16.3.